The number of nitrogens with one attached hydrogen (secondary N) is 1. The van der Waals surface area contributed by atoms with Gasteiger partial charge in [-0.2, -0.15) is 0 Å². The van der Waals surface area contributed by atoms with Crippen LogP contribution in [0.25, 0.3) is 0 Å². The van der Waals surface area contributed by atoms with Crippen LogP contribution in [-0.2, 0) is 11.8 Å². The monoisotopic (exact) mass is 329 g/mol. The van der Waals surface area contributed by atoms with Gasteiger partial charge >= 0.3 is 6.03 Å². The summed E-state index contributed by atoms with van der Waals surface area (Å²) in [7, 11) is 1.87. The first kappa shape index (κ1) is 16.4. The van der Waals surface area contributed by atoms with Crippen molar-refractivity contribution in [2.24, 2.45) is 7.05 Å². The number of carbonyl (C=O) groups excluding carboxylic acids is 1. The van der Waals surface area contributed by atoms with Gasteiger partial charge in [-0.25, -0.2) is 4.79 Å². The molecule has 1 saturated heterocycles. The Morgan fingerprint density at radius 1 is 1.42 bits per heavy atom. The van der Waals surface area contributed by atoms with E-state index in [2.05, 4.69) is 28.5 Å². The van der Waals surface area contributed by atoms with E-state index in [1.807, 2.05) is 36.7 Å². The van der Waals surface area contributed by atoms with Gasteiger partial charge in [0, 0.05) is 13.6 Å². The molecule has 1 aromatic heterocycles. The molecule has 2 atom stereocenters. The van der Waals surface area contributed by atoms with E-state index in [4.69, 9.17) is 4.74 Å². The maximum absolute atomic E-state index is 12.6. The summed E-state index contributed by atoms with van der Waals surface area (Å²) in [5, 5.41) is 11.0. The minimum atomic E-state index is -0.245. The third-order valence-corrected chi connectivity index (χ3v) is 4.38. The quantitative estimate of drug-likeness (QED) is 0.934. The van der Waals surface area contributed by atoms with E-state index in [0.717, 1.165) is 11.4 Å². The Kier molecular flexibility index (Phi) is 4.80. The van der Waals surface area contributed by atoms with Crippen molar-refractivity contribution < 1.29 is 9.53 Å². The zero-order chi connectivity index (χ0) is 17.1. The predicted octanol–water partition coefficient (Wildman–Crippen LogP) is 1.97. The van der Waals surface area contributed by atoms with Crippen molar-refractivity contribution in [2.45, 2.75) is 26.0 Å². The molecule has 3 rings (SSSR count). The van der Waals surface area contributed by atoms with Gasteiger partial charge in [0.15, 0.2) is 5.82 Å². The highest BCUT2D eigenvalue weighted by Gasteiger charge is 2.28. The van der Waals surface area contributed by atoms with Crippen molar-refractivity contribution in [1.29, 1.82) is 0 Å². The number of morpholine rings is 1. The highest BCUT2D eigenvalue weighted by atomic mass is 16.5. The van der Waals surface area contributed by atoms with Gasteiger partial charge in [-0.3, -0.25) is 0 Å². The second-order valence-corrected chi connectivity index (χ2v) is 6.13. The first-order chi connectivity index (χ1) is 11.6. The van der Waals surface area contributed by atoms with Crippen molar-refractivity contribution in [2.75, 3.05) is 19.7 Å². The maximum Gasteiger partial charge on any atom is 0.318 e. The summed E-state index contributed by atoms with van der Waals surface area (Å²) in [6.45, 7) is 5.58. The number of rotatable bonds is 3. The maximum atomic E-state index is 12.6. The lowest BCUT2D eigenvalue weighted by molar-refractivity contribution is -0.0217. The summed E-state index contributed by atoms with van der Waals surface area (Å²) in [4.78, 5) is 14.4. The lowest BCUT2D eigenvalue weighted by Gasteiger charge is -2.33. The van der Waals surface area contributed by atoms with Crippen LogP contribution in [0.15, 0.2) is 30.6 Å². The van der Waals surface area contributed by atoms with Gasteiger partial charge in [-0.15, -0.1) is 10.2 Å². The number of nitrogens with zero attached hydrogens (tertiary/aromatic N) is 4. The van der Waals surface area contributed by atoms with E-state index in [1.165, 1.54) is 5.56 Å². The fourth-order valence-electron chi connectivity index (χ4n) is 3.00. The highest BCUT2D eigenvalue weighted by molar-refractivity contribution is 5.75. The standard InChI is InChI=1S/C17H23N5O2/c1-12-6-4-5-7-14(12)13(2)19-17(23)22-8-9-24-15(10-22)16-20-18-11-21(16)3/h4-7,11,13,15H,8-10H2,1-3H3,(H,19,23)/t13-,15+/m0/s1. The van der Waals surface area contributed by atoms with Gasteiger partial charge < -0.3 is 19.5 Å². The van der Waals surface area contributed by atoms with Crippen LogP contribution >= 0.6 is 0 Å². The Bertz CT molecular complexity index is 715. The molecule has 2 aromatic rings. The molecule has 2 heterocycles. The van der Waals surface area contributed by atoms with Gasteiger partial charge in [-0.05, 0) is 25.0 Å². The van der Waals surface area contributed by atoms with Crippen LogP contribution in [0.5, 0.6) is 0 Å². The number of hydrogen-bond acceptors (Lipinski definition) is 4. The first-order valence-corrected chi connectivity index (χ1v) is 8.12. The van der Waals surface area contributed by atoms with Crippen molar-refractivity contribution in [3.8, 4) is 0 Å². The summed E-state index contributed by atoms with van der Waals surface area (Å²) < 4.78 is 7.57. The van der Waals surface area contributed by atoms with E-state index in [1.54, 1.807) is 11.2 Å². The Balaban J connectivity index is 1.64. The smallest absolute Gasteiger partial charge is 0.318 e. The minimum absolute atomic E-state index is 0.0465. The molecule has 1 aromatic carbocycles. The van der Waals surface area contributed by atoms with Crippen molar-refractivity contribution in [3.63, 3.8) is 0 Å². The SMILES string of the molecule is Cc1ccccc1[C@H](C)NC(=O)N1CCO[C@@H](c2nncn2C)C1. The molecule has 1 aliphatic heterocycles. The second kappa shape index (κ2) is 7.00. The number of aryl methyl sites for hydroxylation is 2. The van der Waals surface area contributed by atoms with Gasteiger partial charge in [0.2, 0.25) is 0 Å². The molecule has 0 bridgehead atoms. The molecule has 24 heavy (non-hydrogen) atoms. The second-order valence-electron chi connectivity index (χ2n) is 6.13. The van der Waals surface area contributed by atoms with Crippen LogP contribution in [0.4, 0.5) is 4.79 Å². The highest BCUT2D eigenvalue weighted by Crippen LogP contribution is 2.21. The molecule has 2 amide bonds. The molecule has 128 valence electrons. The summed E-state index contributed by atoms with van der Waals surface area (Å²) in [6.07, 6.45) is 1.39. The summed E-state index contributed by atoms with van der Waals surface area (Å²) in [6, 6.07) is 7.96. The average molecular weight is 329 g/mol. The minimum Gasteiger partial charge on any atom is -0.366 e. The van der Waals surface area contributed by atoms with E-state index in [9.17, 15) is 4.79 Å². The molecule has 7 heteroatoms. The Labute approximate surface area is 141 Å². The van der Waals surface area contributed by atoms with Gasteiger partial charge in [-0.1, -0.05) is 24.3 Å². The molecule has 7 nitrogen and oxygen atoms in total. The lowest BCUT2D eigenvalue weighted by atomic mass is 10.0. The van der Waals surface area contributed by atoms with Crippen molar-refractivity contribution in [1.82, 2.24) is 25.0 Å². The number of hydrogen-bond donors (Lipinski definition) is 1. The van der Waals surface area contributed by atoms with E-state index in [-0.39, 0.29) is 18.2 Å². The van der Waals surface area contributed by atoms with Crippen LogP contribution < -0.4 is 5.32 Å². The fourth-order valence-corrected chi connectivity index (χ4v) is 3.00. The normalized spacial score (nSPS) is 19.1. The zero-order valence-corrected chi connectivity index (χ0v) is 14.3. The molecule has 0 radical (unpaired) electrons. The lowest BCUT2D eigenvalue weighted by Crippen LogP contribution is -2.48. The predicted molar refractivity (Wildman–Crippen MR) is 89.4 cm³/mol. The Morgan fingerprint density at radius 3 is 2.92 bits per heavy atom. The summed E-state index contributed by atoms with van der Waals surface area (Å²) in [5.74, 6) is 0.736. The van der Waals surface area contributed by atoms with Crippen molar-refractivity contribution >= 4 is 6.03 Å². The molecule has 1 fully saturated rings. The summed E-state index contributed by atoms with van der Waals surface area (Å²) in [5.41, 5.74) is 2.30. The molecule has 0 spiro atoms. The van der Waals surface area contributed by atoms with Crippen LogP contribution in [0, 0.1) is 6.92 Å². The molecular weight excluding hydrogens is 306 g/mol. The molecule has 0 unspecified atom stereocenters. The zero-order valence-electron chi connectivity index (χ0n) is 14.3. The average Bonchev–Trinajstić information content (AvgIpc) is 3.01. The number of ether oxygens (including phenoxy) is 1. The number of aromatic nitrogens is 3. The number of benzene rings is 1. The van der Waals surface area contributed by atoms with Crippen molar-refractivity contribution in [3.05, 3.63) is 47.5 Å². The first-order valence-electron chi connectivity index (χ1n) is 8.12. The third-order valence-electron chi connectivity index (χ3n) is 4.38. The topological polar surface area (TPSA) is 72.3 Å². The fraction of sp³-hybridized carbons (Fsp3) is 0.471. The molecular formula is C17H23N5O2. The number of carbonyl (C=O) groups is 1. The molecule has 1 aliphatic rings. The Morgan fingerprint density at radius 2 is 2.21 bits per heavy atom. The van der Waals surface area contributed by atoms with Gasteiger partial charge in [0.1, 0.15) is 12.4 Å². The van der Waals surface area contributed by atoms with Crippen LogP contribution in [0.1, 0.15) is 36.0 Å². The van der Waals surface area contributed by atoms with Crippen LogP contribution in [0.2, 0.25) is 0 Å². The third kappa shape index (κ3) is 3.41. The molecule has 1 N–H and O–H groups in total. The van der Waals surface area contributed by atoms with Gasteiger partial charge in [0.05, 0.1) is 19.2 Å². The van der Waals surface area contributed by atoms with E-state index < -0.39 is 0 Å². The number of urea groups is 1. The molecule has 0 saturated carbocycles. The number of amides is 2. The van der Waals surface area contributed by atoms with Gasteiger partial charge in [0.25, 0.3) is 0 Å². The van der Waals surface area contributed by atoms with Crippen LogP contribution in [0.3, 0.4) is 0 Å². The van der Waals surface area contributed by atoms with Crippen LogP contribution in [-0.4, -0.2) is 45.4 Å². The molecule has 0 aliphatic carbocycles. The Hall–Kier alpha value is -2.41. The van der Waals surface area contributed by atoms with E-state index >= 15 is 0 Å². The van der Waals surface area contributed by atoms with E-state index in [0.29, 0.717) is 19.7 Å². The summed E-state index contributed by atoms with van der Waals surface area (Å²) >= 11 is 0. The largest absolute Gasteiger partial charge is 0.366 e.